The molecule has 28 heavy (non-hydrogen) atoms. The summed E-state index contributed by atoms with van der Waals surface area (Å²) in [5.41, 5.74) is 8.01. The summed E-state index contributed by atoms with van der Waals surface area (Å²) in [5.74, 6) is 2.73. The lowest BCUT2D eigenvalue weighted by Gasteiger charge is -1.95. The summed E-state index contributed by atoms with van der Waals surface area (Å²) in [5, 5.41) is 9.92. The van der Waals surface area contributed by atoms with Gasteiger partial charge in [-0.2, -0.15) is 0 Å². The van der Waals surface area contributed by atoms with Gasteiger partial charge in [0, 0.05) is 27.6 Å². The zero-order chi connectivity index (χ0) is 19.1. The van der Waals surface area contributed by atoms with Gasteiger partial charge in [-0.3, -0.25) is 0 Å². The van der Waals surface area contributed by atoms with Gasteiger partial charge in [0.2, 0.25) is 0 Å². The smallest absolute Gasteiger partial charge is 0.0816 e. The molecule has 0 unspecified atom stereocenters. The molecule has 3 aromatic heterocycles. The molecule has 2 aliphatic rings. The fourth-order valence-corrected chi connectivity index (χ4v) is 3.45. The fourth-order valence-electron chi connectivity index (χ4n) is 3.45. The highest BCUT2D eigenvalue weighted by Gasteiger charge is 2.10. The van der Waals surface area contributed by atoms with E-state index in [0.717, 1.165) is 50.4 Å². The van der Waals surface area contributed by atoms with E-state index in [1.165, 1.54) is 0 Å². The van der Waals surface area contributed by atoms with Crippen molar-refractivity contribution in [3.63, 3.8) is 0 Å². The molecule has 5 heteroatoms. The van der Waals surface area contributed by atoms with Crippen molar-refractivity contribution in [3.8, 4) is 12.3 Å². The average molecular weight is 364 g/mol. The largest absolute Gasteiger partial charge is 0.392 e. The third-order valence-corrected chi connectivity index (χ3v) is 4.81. The highest BCUT2D eigenvalue weighted by molar-refractivity contribution is 5.81. The second-order valence-corrected chi connectivity index (χ2v) is 6.61. The molecule has 0 spiro atoms. The first kappa shape index (κ1) is 16.3. The van der Waals surface area contributed by atoms with Gasteiger partial charge in [0.25, 0.3) is 0 Å². The Kier molecular flexibility index (Phi) is 3.71. The van der Waals surface area contributed by atoms with Crippen molar-refractivity contribution < 1.29 is 5.11 Å². The van der Waals surface area contributed by atoms with Gasteiger partial charge in [-0.15, -0.1) is 6.42 Å². The summed E-state index contributed by atoms with van der Waals surface area (Å²) in [7, 11) is 0. The first-order chi connectivity index (χ1) is 13.7. The molecule has 0 aromatic carbocycles. The molecule has 5 nitrogen and oxygen atoms in total. The number of aromatic nitrogens is 4. The summed E-state index contributed by atoms with van der Waals surface area (Å²) < 4.78 is 0. The van der Waals surface area contributed by atoms with Crippen molar-refractivity contribution in [3.05, 3.63) is 70.3 Å². The number of rotatable bonds is 1. The van der Waals surface area contributed by atoms with Crippen LogP contribution in [0.25, 0.3) is 46.4 Å². The molecule has 8 bridgehead atoms. The summed E-state index contributed by atoms with van der Waals surface area (Å²) in [6.07, 6.45) is 13.4. The van der Waals surface area contributed by atoms with Crippen LogP contribution in [0.1, 0.15) is 33.9 Å². The van der Waals surface area contributed by atoms with Crippen molar-refractivity contribution in [1.29, 1.82) is 0 Å². The van der Waals surface area contributed by atoms with E-state index < -0.39 is 0 Å². The maximum Gasteiger partial charge on any atom is 0.0816 e. The Bertz CT molecular complexity index is 1270. The van der Waals surface area contributed by atoms with Crippen molar-refractivity contribution >= 4 is 46.4 Å². The number of nitrogens with one attached hydrogen (secondary N) is 2. The quantitative estimate of drug-likeness (QED) is 0.391. The minimum atomic E-state index is -0.0854. The second kappa shape index (κ2) is 6.38. The lowest BCUT2D eigenvalue weighted by molar-refractivity contribution is 0.284. The van der Waals surface area contributed by atoms with Crippen LogP contribution in [0.2, 0.25) is 0 Å². The summed E-state index contributed by atoms with van der Waals surface area (Å²) in [4.78, 5) is 16.0. The van der Waals surface area contributed by atoms with E-state index in [0.29, 0.717) is 5.56 Å². The molecular formula is C23H16N4O. The number of terminal acetylenes is 1. The number of aromatic amines is 2. The van der Waals surface area contributed by atoms with Crippen LogP contribution in [0.4, 0.5) is 0 Å². The fraction of sp³-hybridized carbons (Fsp3) is 0.0435. The Balaban J connectivity index is 1.92. The third kappa shape index (κ3) is 2.73. The normalized spacial score (nSPS) is 12.3. The Hall–Kier alpha value is -3.88. The van der Waals surface area contributed by atoms with Crippen LogP contribution < -0.4 is 0 Å². The summed E-state index contributed by atoms with van der Waals surface area (Å²) in [6.45, 7) is -0.0854. The predicted molar refractivity (Wildman–Crippen MR) is 113 cm³/mol. The van der Waals surface area contributed by atoms with Gasteiger partial charge < -0.3 is 15.1 Å². The molecule has 0 aliphatic carbocycles. The molecule has 3 N–H and O–H groups in total. The van der Waals surface area contributed by atoms with E-state index in [2.05, 4.69) is 25.9 Å². The number of H-pyrrole nitrogens is 2. The monoisotopic (exact) mass is 364 g/mol. The van der Waals surface area contributed by atoms with Gasteiger partial charge >= 0.3 is 0 Å². The van der Waals surface area contributed by atoms with Gasteiger partial charge in [-0.05, 0) is 60.7 Å². The molecule has 5 rings (SSSR count). The molecule has 0 amide bonds. The molecule has 0 radical (unpaired) electrons. The zero-order valence-electron chi connectivity index (χ0n) is 14.9. The van der Waals surface area contributed by atoms with E-state index >= 15 is 0 Å². The molecule has 2 aliphatic heterocycles. The van der Waals surface area contributed by atoms with Crippen LogP contribution >= 0.6 is 0 Å². The SMILES string of the molecule is C#Cc1c2nc(cc3ccc([nH]3)c(CO)c3ccc(cc4nc1C=C4)[nH]3)C=C2. The van der Waals surface area contributed by atoms with Crippen molar-refractivity contribution in [2.75, 3.05) is 0 Å². The highest BCUT2D eigenvalue weighted by atomic mass is 16.3. The van der Waals surface area contributed by atoms with E-state index in [4.69, 9.17) is 6.42 Å². The lowest BCUT2D eigenvalue weighted by Crippen LogP contribution is -1.87. The van der Waals surface area contributed by atoms with Crippen LogP contribution in [-0.2, 0) is 6.61 Å². The Labute approximate surface area is 161 Å². The van der Waals surface area contributed by atoms with Gasteiger partial charge in [0.1, 0.15) is 0 Å². The van der Waals surface area contributed by atoms with Gasteiger partial charge in [-0.25, -0.2) is 9.97 Å². The molecule has 5 heterocycles. The number of aliphatic hydroxyl groups excluding tert-OH is 1. The van der Waals surface area contributed by atoms with Crippen molar-refractivity contribution in [1.82, 2.24) is 19.9 Å². The van der Waals surface area contributed by atoms with Gasteiger partial charge in [0.05, 0.1) is 34.9 Å². The lowest BCUT2D eigenvalue weighted by atomic mass is 10.2. The van der Waals surface area contributed by atoms with Crippen LogP contribution in [-0.4, -0.2) is 25.0 Å². The van der Waals surface area contributed by atoms with E-state index in [1.54, 1.807) is 0 Å². The van der Waals surface area contributed by atoms with Gasteiger partial charge in [0.15, 0.2) is 0 Å². The molecule has 0 fully saturated rings. The molecule has 134 valence electrons. The first-order valence-electron chi connectivity index (χ1n) is 8.90. The van der Waals surface area contributed by atoms with Crippen LogP contribution in [0.5, 0.6) is 0 Å². The number of fused-ring (bicyclic) bond motifs is 8. The minimum Gasteiger partial charge on any atom is -0.392 e. The Morgan fingerprint density at radius 3 is 1.82 bits per heavy atom. The summed E-state index contributed by atoms with van der Waals surface area (Å²) >= 11 is 0. The highest BCUT2D eigenvalue weighted by Crippen LogP contribution is 2.22. The predicted octanol–water partition coefficient (Wildman–Crippen LogP) is 4.13. The molecule has 0 saturated carbocycles. The first-order valence-corrected chi connectivity index (χ1v) is 8.90. The van der Waals surface area contributed by atoms with Crippen LogP contribution in [0, 0.1) is 12.3 Å². The summed E-state index contributed by atoms with van der Waals surface area (Å²) in [6, 6.07) is 11.7. The number of hydrogen-bond donors (Lipinski definition) is 3. The molecule has 3 aromatic rings. The van der Waals surface area contributed by atoms with E-state index in [-0.39, 0.29) is 6.61 Å². The third-order valence-electron chi connectivity index (χ3n) is 4.81. The topological polar surface area (TPSA) is 77.6 Å². The minimum absolute atomic E-state index is 0.0854. The van der Waals surface area contributed by atoms with E-state index in [1.807, 2.05) is 60.7 Å². The second-order valence-electron chi connectivity index (χ2n) is 6.61. The van der Waals surface area contributed by atoms with Crippen molar-refractivity contribution in [2.24, 2.45) is 0 Å². The van der Waals surface area contributed by atoms with E-state index in [9.17, 15) is 5.11 Å². The maximum absolute atomic E-state index is 9.92. The molecule has 0 saturated heterocycles. The Morgan fingerprint density at radius 1 is 0.821 bits per heavy atom. The molecule has 0 atom stereocenters. The van der Waals surface area contributed by atoms with Gasteiger partial charge in [-0.1, -0.05) is 5.92 Å². The zero-order valence-corrected chi connectivity index (χ0v) is 14.9. The average Bonchev–Trinajstić information content (AvgIpc) is 3.47. The van der Waals surface area contributed by atoms with Crippen LogP contribution in [0.3, 0.4) is 0 Å². The van der Waals surface area contributed by atoms with Crippen LogP contribution in [0.15, 0.2) is 36.4 Å². The number of nitrogens with zero attached hydrogens (tertiary/aromatic N) is 2. The standard InChI is InChI=1S/C23H16N4O/c1-2-18-20-7-3-14(24-20)11-16-5-9-22(26-16)19(13-28)23-10-6-17(27-23)12-15-4-8-21(18)25-15/h1,3-12,26-28H,13H2. The Morgan fingerprint density at radius 2 is 1.36 bits per heavy atom. The maximum atomic E-state index is 9.92. The number of hydrogen-bond acceptors (Lipinski definition) is 3. The van der Waals surface area contributed by atoms with Crippen molar-refractivity contribution in [2.45, 2.75) is 6.61 Å². The number of aliphatic hydroxyl groups is 1. The molecular weight excluding hydrogens is 348 g/mol.